The second-order valence-electron chi connectivity index (χ2n) is 8.28. The van der Waals surface area contributed by atoms with E-state index >= 15 is 0 Å². The van der Waals surface area contributed by atoms with Gasteiger partial charge in [0.25, 0.3) is 5.82 Å². The predicted molar refractivity (Wildman–Crippen MR) is 124 cm³/mol. The van der Waals surface area contributed by atoms with E-state index < -0.39 is 0 Å². The first-order valence-electron chi connectivity index (χ1n) is 10.4. The van der Waals surface area contributed by atoms with Crippen LogP contribution in [0.25, 0.3) is 32.9 Å². The van der Waals surface area contributed by atoms with Gasteiger partial charge in [0, 0.05) is 11.6 Å². The minimum absolute atomic E-state index is 0.398. The molecule has 0 aliphatic rings. The number of pyridine rings is 1. The van der Waals surface area contributed by atoms with Gasteiger partial charge in [-0.25, -0.2) is 4.98 Å². The molecule has 5 aromatic rings. The maximum Gasteiger partial charge on any atom is 0.349 e. The fourth-order valence-electron chi connectivity index (χ4n) is 4.09. The molecule has 0 saturated heterocycles. The molecule has 5 rings (SSSR count). The van der Waals surface area contributed by atoms with Gasteiger partial charge in [0.2, 0.25) is 0 Å². The van der Waals surface area contributed by atoms with Crippen LogP contribution in [-0.2, 0) is 0 Å². The monoisotopic (exact) mass is 413 g/mol. The van der Waals surface area contributed by atoms with E-state index in [4.69, 9.17) is 4.98 Å². The van der Waals surface area contributed by atoms with Gasteiger partial charge in [-0.05, 0) is 52.2 Å². The van der Waals surface area contributed by atoms with E-state index in [9.17, 15) is 0 Å². The highest BCUT2D eigenvalue weighted by molar-refractivity contribution is 7.16. The lowest BCUT2D eigenvalue weighted by atomic mass is 9.92. The number of nitrogens with zero attached hydrogens (tertiary/aromatic N) is 4. The number of aromatic nitrogens is 4. The summed E-state index contributed by atoms with van der Waals surface area (Å²) in [6.45, 7) is 9.03. The van der Waals surface area contributed by atoms with Crippen molar-refractivity contribution in [3.63, 3.8) is 0 Å². The summed E-state index contributed by atoms with van der Waals surface area (Å²) in [6.07, 6.45) is 2.09. The molecule has 0 radical (unpaired) electrons. The number of para-hydroxylation sites is 1. The molecule has 3 heterocycles. The van der Waals surface area contributed by atoms with Gasteiger partial charge >= 0.3 is 5.65 Å². The van der Waals surface area contributed by atoms with Gasteiger partial charge in [0.05, 0.1) is 21.4 Å². The van der Waals surface area contributed by atoms with Crippen LogP contribution >= 0.6 is 11.3 Å². The number of hydrogen-bond acceptors (Lipinski definition) is 3. The Morgan fingerprint density at radius 1 is 0.900 bits per heavy atom. The Labute approximate surface area is 180 Å². The Morgan fingerprint density at radius 2 is 1.67 bits per heavy atom. The molecule has 0 aliphatic carbocycles. The molecule has 3 aromatic heterocycles. The molecule has 0 atom stereocenters. The number of rotatable bonds is 4. The van der Waals surface area contributed by atoms with Gasteiger partial charge in [-0.3, -0.25) is 0 Å². The predicted octanol–water partition coefficient (Wildman–Crippen LogP) is 6.13. The summed E-state index contributed by atoms with van der Waals surface area (Å²) in [5.41, 5.74) is 8.80. The topological polar surface area (TPSA) is 34.8 Å². The molecule has 0 N–H and O–H groups in total. The molecule has 0 aliphatic heterocycles. The summed E-state index contributed by atoms with van der Waals surface area (Å²) in [5.74, 6) is 1.73. The Hall–Kier alpha value is -3.05. The summed E-state index contributed by atoms with van der Waals surface area (Å²) in [5, 5.41) is 0. The van der Waals surface area contributed by atoms with E-state index in [-0.39, 0.29) is 0 Å². The fourth-order valence-corrected chi connectivity index (χ4v) is 4.75. The first-order chi connectivity index (χ1) is 14.5. The molecule has 5 heteroatoms. The standard InChI is InChI=1S/C25H25N4S/c1-16(2)19-8-7-9-20(17(3)4)24(19)29-25(27-23-10-5-6-13-28(23)29)18-11-12-22-21(14-18)26-15-30-22/h5-17H,1-4H3/q+1. The second-order valence-corrected chi connectivity index (χ2v) is 9.17. The van der Waals surface area contributed by atoms with Crippen molar-refractivity contribution in [1.82, 2.24) is 14.6 Å². The van der Waals surface area contributed by atoms with E-state index in [1.54, 1.807) is 11.3 Å². The molecule has 0 unspecified atom stereocenters. The number of fused-ring (bicyclic) bond motifs is 2. The van der Waals surface area contributed by atoms with Crippen molar-refractivity contribution in [2.45, 2.75) is 39.5 Å². The third kappa shape index (κ3) is 3.01. The molecule has 150 valence electrons. The summed E-state index contributed by atoms with van der Waals surface area (Å²) in [4.78, 5) is 9.58. The SMILES string of the molecule is CC(C)c1cccc(C(C)C)c1-n1c(-c2ccc3scnc3c2)nc2cccc[n+]21. The molecule has 2 aromatic carbocycles. The molecular formula is C25H25N4S+. The molecule has 0 saturated carbocycles. The van der Waals surface area contributed by atoms with Gasteiger partial charge < -0.3 is 0 Å². The summed E-state index contributed by atoms with van der Waals surface area (Å²) >= 11 is 1.67. The van der Waals surface area contributed by atoms with Crippen LogP contribution in [0.5, 0.6) is 0 Å². The zero-order chi connectivity index (χ0) is 20.8. The van der Waals surface area contributed by atoms with E-state index in [1.807, 2.05) is 11.6 Å². The Balaban J connectivity index is 1.89. The Morgan fingerprint density at radius 3 is 2.40 bits per heavy atom. The summed E-state index contributed by atoms with van der Waals surface area (Å²) in [6, 6.07) is 19.3. The van der Waals surface area contributed by atoms with Crippen LogP contribution in [0.15, 0.2) is 66.3 Å². The summed E-state index contributed by atoms with van der Waals surface area (Å²) < 4.78 is 5.64. The van der Waals surface area contributed by atoms with E-state index in [0.29, 0.717) is 11.8 Å². The van der Waals surface area contributed by atoms with Crippen molar-refractivity contribution >= 4 is 27.2 Å². The highest BCUT2D eigenvalue weighted by atomic mass is 32.1. The third-order valence-corrected chi connectivity index (χ3v) is 6.41. The number of hydrogen-bond donors (Lipinski definition) is 0. The molecule has 30 heavy (non-hydrogen) atoms. The second kappa shape index (κ2) is 7.33. The first kappa shape index (κ1) is 18.9. The molecule has 0 amide bonds. The fraction of sp³-hybridized carbons (Fsp3) is 0.240. The highest BCUT2D eigenvalue weighted by Crippen LogP contribution is 2.34. The zero-order valence-electron chi connectivity index (χ0n) is 17.7. The van der Waals surface area contributed by atoms with Gasteiger partial charge in [-0.1, -0.05) is 52.0 Å². The van der Waals surface area contributed by atoms with Crippen molar-refractivity contribution in [3.05, 3.63) is 77.4 Å². The van der Waals surface area contributed by atoms with Crippen LogP contribution in [0.1, 0.15) is 50.7 Å². The largest absolute Gasteiger partial charge is 0.349 e. The van der Waals surface area contributed by atoms with Crippen LogP contribution in [0.3, 0.4) is 0 Å². The lowest BCUT2D eigenvalue weighted by molar-refractivity contribution is -0.597. The average Bonchev–Trinajstić information content (AvgIpc) is 3.36. The van der Waals surface area contributed by atoms with E-state index in [2.05, 4.69) is 96.6 Å². The smallest absolute Gasteiger partial charge is 0.245 e. The minimum atomic E-state index is 0.398. The lowest BCUT2D eigenvalue weighted by Gasteiger charge is -2.19. The van der Waals surface area contributed by atoms with Gasteiger partial charge in [-0.2, -0.15) is 0 Å². The molecule has 0 fully saturated rings. The Kier molecular flexibility index (Phi) is 4.63. The molecular weight excluding hydrogens is 388 g/mol. The van der Waals surface area contributed by atoms with Crippen LogP contribution < -0.4 is 4.52 Å². The van der Waals surface area contributed by atoms with Crippen molar-refractivity contribution in [2.24, 2.45) is 0 Å². The summed E-state index contributed by atoms with van der Waals surface area (Å²) in [7, 11) is 0. The molecule has 0 bridgehead atoms. The maximum atomic E-state index is 5.05. The number of benzene rings is 2. The quantitative estimate of drug-likeness (QED) is 0.332. The van der Waals surface area contributed by atoms with Crippen LogP contribution in [-0.4, -0.2) is 14.6 Å². The highest BCUT2D eigenvalue weighted by Gasteiger charge is 2.27. The molecule has 4 nitrogen and oxygen atoms in total. The molecule has 0 spiro atoms. The van der Waals surface area contributed by atoms with Gasteiger partial charge in [0.1, 0.15) is 6.20 Å². The normalized spacial score (nSPS) is 11.9. The van der Waals surface area contributed by atoms with Crippen molar-refractivity contribution in [1.29, 1.82) is 0 Å². The van der Waals surface area contributed by atoms with Crippen molar-refractivity contribution < 1.29 is 4.52 Å². The zero-order valence-corrected chi connectivity index (χ0v) is 18.5. The van der Waals surface area contributed by atoms with Gasteiger partial charge in [-0.15, -0.1) is 20.5 Å². The average molecular weight is 414 g/mol. The minimum Gasteiger partial charge on any atom is -0.245 e. The van der Waals surface area contributed by atoms with Crippen molar-refractivity contribution in [3.8, 4) is 17.1 Å². The Bertz CT molecular complexity index is 1330. The number of thiazole rings is 1. The van der Waals surface area contributed by atoms with E-state index in [0.717, 1.165) is 22.6 Å². The van der Waals surface area contributed by atoms with Gasteiger partial charge in [0.15, 0.2) is 0 Å². The van der Waals surface area contributed by atoms with Crippen LogP contribution in [0, 0.1) is 0 Å². The van der Waals surface area contributed by atoms with Crippen LogP contribution in [0.2, 0.25) is 0 Å². The van der Waals surface area contributed by atoms with Crippen molar-refractivity contribution in [2.75, 3.05) is 0 Å². The van der Waals surface area contributed by atoms with E-state index in [1.165, 1.54) is 21.5 Å². The first-order valence-corrected chi connectivity index (χ1v) is 11.3. The maximum absolute atomic E-state index is 5.05. The lowest BCUT2D eigenvalue weighted by Crippen LogP contribution is -2.33. The van der Waals surface area contributed by atoms with Crippen LogP contribution in [0.4, 0.5) is 0 Å². The third-order valence-electron chi connectivity index (χ3n) is 5.60.